The second kappa shape index (κ2) is 7.27. The molecule has 0 aliphatic rings. The van der Waals surface area contributed by atoms with Crippen LogP contribution in [0.4, 0.5) is 5.82 Å². The first-order chi connectivity index (χ1) is 12.1. The number of anilines is 1. The molecule has 0 aliphatic carbocycles. The lowest BCUT2D eigenvalue weighted by atomic mass is 10.0. The summed E-state index contributed by atoms with van der Waals surface area (Å²) in [5.74, 6) is 0.404. The molecule has 8 heteroatoms. The van der Waals surface area contributed by atoms with Gasteiger partial charge >= 0.3 is 6.01 Å². The van der Waals surface area contributed by atoms with Crippen LogP contribution in [-0.4, -0.2) is 30.5 Å². The average molecular weight is 356 g/mol. The number of ether oxygens (including phenoxy) is 1. The van der Waals surface area contributed by atoms with Gasteiger partial charge in [-0.05, 0) is 17.2 Å². The first-order valence-electron chi connectivity index (χ1n) is 7.40. The van der Waals surface area contributed by atoms with Gasteiger partial charge in [-0.2, -0.15) is 0 Å². The van der Waals surface area contributed by atoms with E-state index in [-0.39, 0.29) is 11.8 Å². The lowest BCUT2D eigenvalue weighted by molar-refractivity contribution is 0.380. The Morgan fingerprint density at radius 2 is 1.60 bits per heavy atom. The van der Waals surface area contributed by atoms with Crippen LogP contribution in [0.5, 0.6) is 6.01 Å². The van der Waals surface area contributed by atoms with Gasteiger partial charge in [0, 0.05) is 35.3 Å². The zero-order valence-electron chi connectivity index (χ0n) is 13.4. The molecule has 1 aromatic carbocycles. The first kappa shape index (κ1) is 16.8. The lowest BCUT2D eigenvalue weighted by Crippen LogP contribution is -1.97. The van der Waals surface area contributed by atoms with Gasteiger partial charge in [-0.25, -0.2) is 23.4 Å². The van der Waals surface area contributed by atoms with E-state index in [0.717, 1.165) is 22.3 Å². The Morgan fingerprint density at radius 1 is 0.960 bits per heavy atom. The number of nitrogen functional groups attached to an aromatic ring is 1. The van der Waals surface area contributed by atoms with E-state index in [4.69, 9.17) is 10.5 Å². The minimum atomic E-state index is -2.44. The largest absolute Gasteiger partial charge is 0.467 e. The molecule has 0 spiro atoms. The summed E-state index contributed by atoms with van der Waals surface area (Å²) in [5, 5.41) is 0. The highest BCUT2D eigenvalue weighted by Gasteiger charge is 2.09. The normalized spacial score (nSPS) is 10.8. The molecule has 2 heterocycles. The van der Waals surface area contributed by atoms with Crippen LogP contribution in [0, 0.1) is 0 Å². The Morgan fingerprint density at radius 3 is 2.20 bits per heavy atom. The Hall–Kier alpha value is -3.00. The van der Waals surface area contributed by atoms with Crippen LogP contribution in [0.1, 0.15) is 5.56 Å². The zero-order valence-corrected chi connectivity index (χ0v) is 14.3. The van der Waals surface area contributed by atoms with Crippen LogP contribution < -0.4 is 10.5 Å². The van der Waals surface area contributed by atoms with Crippen LogP contribution in [0.25, 0.3) is 22.3 Å². The van der Waals surface area contributed by atoms with Crippen LogP contribution in [0.3, 0.4) is 0 Å². The molecule has 0 radical (unpaired) electrons. The number of hydrogen-bond acceptors (Lipinski definition) is 7. The third kappa shape index (κ3) is 3.92. The van der Waals surface area contributed by atoms with Crippen molar-refractivity contribution in [1.82, 2.24) is 15.0 Å². The summed E-state index contributed by atoms with van der Waals surface area (Å²) in [6.45, 7) is 0. The van der Waals surface area contributed by atoms with Gasteiger partial charge in [-0.1, -0.05) is 24.3 Å². The molecule has 0 bridgehead atoms. The van der Waals surface area contributed by atoms with Gasteiger partial charge in [-0.15, -0.1) is 0 Å². The van der Waals surface area contributed by atoms with Gasteiger partial charge in [0.25, 0.3) is 0 Å². The molecule has 0 amide bonds. The minimum Gasteiger partial charge on any atom is -0.467 e. The number of nitrogens with zero attached hydrogens (tertiary/aromatic N) is 3. The molecule has 128 valence electrons. The van der Waals surface area contributed by atoms with Gasteiger partial charge in [0.05, 0.1) is 12.9 Å². The second-order valence-electron chi connectivity index (χ2n) is 5.30. The van der Waals surface area contributed by atoms with Crippen molar-refractivity contribution < 1.29 is 13.2 Å². The molecule has 7 nitrogen and oxygen atoms in total. The van der Waals surface area contributed by atoms with E-state index in [1.54, 1.807) is 30.7 Å². The van der Waals surface area contributed by atoms with Crippen LogP contribution in [0.15, 0.2) is 48.9 Å². The molecule has 2 N–H and O–H groups in total. The summed E-state index contributed by atoms with van der Waals surface area (Å²) >= 11 is 0. The number of rotatable bonds is 5. The molecule has 0 unspecified atom stereocenters. The monoisotopic (exact) mass is 356 g/mol. The van der Waals surface area contributed by atoms with E-state index in [9.17, 15) is 8.42 Å². The van der Waals surface area contributed by atoms with E-state index in [0.29, 0.717) is 11.4 Å². The van der Waals surface area contributed by atoms with E-state index >= 15 is 0 Å². The highest BCUT2D eigenvalue weighted by atomic mass is 32.2. The predicted octanol–water partition coefficient (Wildman–Crippen LogP) is 1.91. The second-order valence-corrected chi connectivity index (χ2v) is 6.28. The van der Waals surface area contributed by atoms with Crippen molar-refractivity contribution in [2.45, 2.75) is 5.75 Å². The number of benzene rings is 1. The summed E-state index contributed by atoms with van der Waals surface area (Å²) < 4.78 is 26.6. The van der Waals surface area contributed by atoms with Gasteiger partial charge in [0.1, 0.15) is 16.5 Å². The summed E-state index contributed by atoms with van der Waals surface area (Å²) in [6.07, 6.45) is 4.92. The first-order valence-corrected chi connectivity index (χ1v) is 8.76. The van der Waals surface area contributed by atoms with Crippen molar-refractivity contribution in [2.75, 3.05) is 12.8 Å². The van der Waals surface area contributed by atoms with Crippen LogP contribution in [0.2, 0.25) is 0 Å². The van der Waals surface area contributed by atoms with Crippen molar-refractivity contribution in [3.05, 3.63) is 54.5 Å². The molecule has 0 saturated carbocycles. The van der Waals surface area contributed by atoms with E-state index in [1.165, 1.54) is 7.11 Å². The van der Waals surface area contributed by atoms with Crippen LogP contribution >= 0.6 is 0 Å². The van der Waals surface area contributed by atoms with Crippen molar-refractivity contribution in [1.29, 1.82) is 0 Å². The maximum Gasteiger partial charge on any atom is 0.316 e. The minimum absolute atomic E-state index is 0.0318. The van der Waals surface area contributed by atoms with Gasteiger partial charge in [-0.3, -0.25) is 0 Å². The molecule has 25 heavy (non-hydrogen) atoms. The predicted molar refractivity (Wildman–Crippen MR) is 95.7 cm³/mol. The van der Waals surface area contributed by atoms with Gasteiger partial charge in [0.2, 0.25) is 0 Å². The summed E-state index contributed by atoms with van der Waals surface area (Å²) in [5.41, 5.74) is 9.94. The topological polar surface area (TPSA) is 108 Å². The van der Waals surface area contributed by atoms with E-state index < -0.39 is 10.7 Å². The number of thiol groups is 1. The number of pyridine rings is 1. The molecular weight excluding hydrogens is 340 g/mol. The summed E-state index contributed by atoms with van der Waals surface area (Å²) in [4.78, 5) is 12.4. The molecule has 3 aromatic rings. The van der Waals surface area contributed by atoms with E-state index in [1.807, 2.05) is 18.2 Å². The molecule has 0 aliphatic heterocycles. The maximum atomic E-state index is 10.8. The van der Waals surface area contributed by atoms with Crippen LogP contribution in [-0.2, 0) is 16.5 Å². The molecule has 2 aromatic heterocycles. The highest BCUT2D eigenvalue weighted by molar-refractivity contribution is 7.71. The molecular formula is C17H16N4O3S. The Balaban J connectivity index is 1.95. The number of hydrogen-bond donors (Lipinski definition) is 2. The number of aromatic nitrogens is 3. The Bertz CT molecular complexity index is 947. The molecule has 0 saturated heterocycles. The number of nitrogens with two attached hydrogens (primary N) is 1. The van der Waals surface area contributed by atoms with Crippen molar-refractivity contribution in [3.8, 4) is 28.3 Å². The highest BCUT2D eigenvalue weighted by Crippen LogP contribution is 2.29. The quantitative estimate of drug-likeness (QED) is 0.672. The lowest BCUT2D eigenvalue weighted by Gasteiger charge is -2.09. The van der Waals surface area contributed by atoms with Gasteiger partial charge < -0.3 is 10.5 Å². The molecule has 3 rings (SSSR count). The standard InChI is InChI=1S/C17H16N4O3S/c1-24-17-20-8-14(9-21-17)15-6-13(7-19-16(15)18)12-4-2-11(3-5-12)10-25(22)23/h2-9,25H,10H2,1H3,(H2,18,19). The fourth-order valence-corrected chi connectivity index (χ4v) is 2.89. The van der Waals surface area contributed by atoms with E-state index in [2.05, 4.69) is 15.0 Å². The van der Waals surface area contributed by atoms with Gasteiger partial charge in [0.15, 0.2) is 0 Å². The Labute approximate surface area is 146 Å². The summed E-state index contributed by atoms with van der Waals surface area (Å²) in [6, 6.07) is 9.46. The molecule has 0 fully saturated rings. The SMILES string of the molecule is COc1ncc(-c2cc(-c3ccc(C[SH](=O)=O)cc3)cnc2N)cn1. The fraction of sp³-hybridized carbons (Fsp3) is 0.118. The average Bonchev–Trinajstić information content (AvgIpc) is 2.62. The number of methoxy groups -OCH3 is 1. The zero-order chi connectivity index (χ0) is 17.8. The third-order valence-corrected chi connectivity index (χ3v) is 4.26. The van der Waals surface area contributed by atoms with Crippen molar-refractivity contribution >= 4 is 16.5 Å². The van der Waals surface area contributed by atoms with Crippen molar-refractivity contribution in [3.63, 3.8) is 0 Å². The smallest absolute Gasteiger partial charge is 0.316 e. The maximum absolute atomic E-state index is 10.8. The third-order valence-electron chi connectivity index (χ3n) is 3.64. The summed E-state index contributed by atoms with van der Waals surface area (Å²) in [7, 11) is -0.939. The van der Waals surface area contributed by atoms with Crippen molar-refractivity contribution in [2.24, 2.45) is 0 Å². The Kier molecular flexibility index (Phi) is 4.90. The fourth-order valence-electron chi connectivity index (χ4n) is 2.38. The molecule has 0 atom stereocenters.